The van der Waals surface area contributed by atoms with Gasteiger partial charge >= 0.3 is 6.18 Å². The molecule has 1 nitrogen and oxygen atoms in total. The second-order valence-corrected chi connectivity index (χ2v) is 4.74. The lowest BCUT2D eigenvalue weighted by molar-refractivity contribution is -0.137. The molecular weight excluding hydrogens is 251 g/mol. The molecule has 0 saturated carbocycles. The molecule has 1 atom stereocenters. The summed E-state index contributed by atoms with van der Waals surface area (Å²) in [7, 11) is 0. The second kappa shape index (κ2) is 5.17. The summed E-state index contributed by atoms with van der Waals surface area (Å²) in [5.74, 6) is 0.215. The van der Waals surface area contributed by atoms with Gasteiger partial charge in [-0.1, -0.05) is 31.5 Å². The average molecular weight is 266 g/mol. The molecule has 96 valence electrons. The first-order chi connectivity index (χ1) is 7.73. The molecular formula is C12H15ClF3N. The number of hydrogen-bond donors (Lipinski definition) is 1. The van der Waals surface area contributed by atoms with Crippen LogP contribution in [0.25, 0.3) is 0 Å². The van der Waals surface area contributed by atoms with Crippen molar-refractivity contribution < 1.29 is 13.2 Å². The molecule has 0 bridgehead atoms. The first-order valence-electron chi connectivity index (χ1n) is 5.35. The van der Waals surface area contributed by atoms with Gasteiger partial charge in [-0.3, -0.25) is 0 Å². The number of anilines is 1. The Labute approximate surface area is 104 Å². The van der Waals surface area contributed by atoms with Crippen LogP contribution in [-0.4, -0.2) is 6.04 Å². The number of rotatable bonds is 3. The molecule has 1 rings (SSSR count). The van der Waals surface area contributed by atoms with E-state index in [1.807, 2.05) is 20.8 Å². The van der Waals surface area contributed by atoms with E-state index in [1.165, 1.54) is 12.1 Å². The average Bonchev–Trinajstić information content (AvgIpc) is 2.18. The Kier molecular flexibility index (Phi) is 4.31. The monoisotopic (exact) mass is 265 g/mol. The van der Waals surface area contributed by atoms with E-state index in [-0.39, 0.29) is 22.7 Å². The highest BCUT2D eigenvalue weighted by molar-refractivity contribution is 6.33. The summed E-state index contributed by atoms with van der Waals surface area (Å²) in [5, 5.41) is 2.92. The highest BCUT2D eigenvalue weighted by atomic mass is 35.5. The third-order valence-corrected chi connectivity index (χ3v) is 3.01. The van der Waals surface area contributed by atoms with Crippen molar-refractivity contribution in [3.63, 3.8) is 0 Å². The third kappa shape index (κ3) is 3.53. The first kappa shape index (κ1) is 14.2. The summed E-state index contributed by atoms with van der Waals surface area (Å²) in [6.07, 6.45) is -4.40. The van der Waals surface area contributed by atoms with Gasteiger partial charge in [0.15, 0.2) is 0 Å². The van der Waals surface area contributed by atoms with Crippen LogP contribution in [0, 0.1) is 5.92 Å². The van der Waals surface area contributed by atoms with E-state index < -0.39 is 11.7 Å². The minimum absolute atomic E-state index is 0.0390. The quantitative estimate of drug-likeness (QED) is 0.827. The van der Waals surface area contributed by atoms with Crippen molar-refractivity contribution in [2.75, 3.05) is 5.32 Å². The van der Waals surface area contributed by atoms with Gasteiger partial charge in [0.05, 0.1) is 16.3 Å². The molecule has 1 aromatic rings. The van der Waals surface area contributed by atoms with Crippen LogP contribution in [0.2, 0.25) is 5.02 Å². The van der Waals surface area contributed by atoms with E-state index in [2.05, 4.69) is 5.32 Å². The molecule has 0 aromatic heterocycles. The fraction of sp³-hybridized carbons (Fsp3) is 0.500. The van der Waals surface area contributed by atoms with Crippen molar-refractivity contribution in [1.82, 2.24) is 0 Å². The van der Waals surface area contributed by atoms with Crippen LogP contribution in [0.15, 0.2) is 18.2 Å². The smallest absolute Gasteiger partial charge is 0.381 e. The molecule has 0 aliphatic carbocycles. The molecule has 0 saturated heterocycles. The van der Waals surface area contributed by atoms with Gasteiger partial charge < -0.3 is 5.32 Å². The van der Waals surface area contributed by atoms with E-state index in [0.717, 1.165) is 6.07 Å². The maximum absolute atomic E-state index is 12.8. The number of halogens is 4. The highest BCUT2D eigenvalue weighted by Crippen LogP contribution is 2.38. The van der Waals surface area contributed by atoms with Crippen molar-refractivity contribution in [2.45, 2.75) is 33.0 Å². The topological polar surface area (TPSA) is 12.0 Å². The van der Waals surface area contributed by atoms with E-state index in [9.17, 15) is 13.2 Å². The number of para-hydroxylation sites is 1. The van der Waals surface area contributed by atoms with Gasteiger partial charge in [0.1, 0.15) is 0 Å². The first-order valence-corrected chi connectivity index (χ1v) is 5.73. The Bertz CT molecular complexity index is 388. The number of alkyl halides is 3. The maximum Gasteiger partial charge on any atom is 0.418 e. The summed E-state index contributed by atoms with van der Waals surface area (Å²) in [4.78, 5) is 0. The maximum atomic E-state index is 12.8. The van der Waals surface area contributed by atoms with Crippen LogP contribution in [0.3, 0.4) is 0 Å². The highest BCUT2D eigenvalue weighted by Gasteiger charge is 2.34. The van der Waals surface area contributed by atoms with E-state index in [4.69, 9.17) is 11.6 Å². The molecule has 0 heterocycles. The minimum Gasteiger partial charge on any atom is -0.381 e. The Hall–Kier alpha value is -0.900. The third-order valence-electron chi connectivity index (χ3n) is 2.69. The van der Waals surface area contributed by atoms with Crippen LogP contribution < -0.4 is 5.32 Å². The van der Waals surface area contributed by atoms with Crippen LogP contribution in [0.5, 0.6) is 0 Å². The SMILES string of the molecule is CC(C)C(C)Nc1c(Cl)cccc1C(F)(F)F. The zero-order valence-electron chi connectivity index (χ0n) is 9.90. The predicted molar refractivity (Wildman–Crippen MR) is 64.4 cm³/mol. The summed E-state index contributed by atoms with van der Waals surface area (Å²) >= 11 is 5.82. The zero-order chi connectivity index (χ0) is 13.2. The lowest BCUT2D eigenvalue weighted by Crippen LogP contribution is -2.23. The minimum atomic E-state index is -4.40. The van der Waals surface area contributed by atoms with Gasteiger partial charge in [-0.05, 0) is 25.0 Å². The fourth-order valence-electron chi connectivity index (χ4n) is 1.30. The normalized spacial score (nSPS) is 13.9. The molecule has 0 amide bonds. The van der Waals surface area contributed by atoms with Gasteiger partial charge in [-0.2, -0.15) is 13.2 Å². The zero-order valence-corrected chi connectivity index (χ0v) is 10.7. The Balaban J connectivity index is 3.13. The molecule has 1 aromatic carbocycles. The molecule has 0 aliphatic heterocycles. The van der Waals surface area contributed by atoms with Crippen molar-refractivity contribution in [3.8, 4) is 0 Å². The lowest BCUT2D eigenvalue weighted by Gasteiger charge is -2.22. The Morgan fingerprint density at radius 2 is 1.76 bits per heavy atom. The predicted octanol–water partition coefficient (Wildman–Crippen LogP) is 4.82. The fourth-order valence-corrected chi connectivity index (χ4v) is 1.53. The molecule has 0 fully saturated rings. The number of hydrogen-bond acceptors (Lipinski definition) is 1. The molecule has 5 heteroatoms. The van der Waals surface area contributed by atoms with Gasteiger partial charge in [-0.15, -0.1) is 0 Å². The van der Waals surface area contributed by atoms with Crippen molar-refractivity contribution >= 4 is 17.3 Å². The number of nitrogens with one attached hydrogen (secondary N) is 1. The van der Waals surface area contributed by atoms with Crippen LogP contribution in [0.1, 0.15) is 26.3 Å². The summed E-state index contributed by atoms with van der Waals surface area (Å²) in [6, 6.07) is 3.69. The van der Waals surface area contributed by atoms with Crippen molar-refractivity contribution in [2.24, 2.45) is 5.92 Å². The largest absolute Gasteiger partial charge is 0.418 e. The molecule has 0 spiro atoms. The summed E-state index contributed by atoms with van der Waals surface area (Å²) in [6.45, 7) is 5.69. The Morgan fingerprint density at radius 3 is 2.24 bits per heavy atom. The molecule has 1 N–H and O–H groups in total. The lowest BCUT2D eigenvalue weighted by atomic mass is 10.0. The molecule has 1 unspecified atom stereocenters. The van der Waals surface area contributed by atoms with Crippen molar-refractivity contribution in [1.29, 1.82) is 0 Å². The van der Waals surface area contributed by atoms with Gasteiger partial charge in [-0.25, -0.2) is 0 Å². The van der Waals surface area contributed by atoms with Crippen LogP contribution >= 0.6 is 11.6 Å². The molecule has 17 heavy (non-hydrogen) atoms. The Morgan fingerprint density at radius 1 is 1.18 bits per heavy atom. The van der Waals surface area contributed by atoms with Gasteiger partial charge in [0, 0.05) is 6.04 Å². The molecule has 0 radical (unpaired) electrons. The molecule has 0 aliphatic rings. The van der Waals surface area contributed by atoms with Crippen LogP contribution in [0.4, 0.5) is 18.9 Å². The van der Waals surface area contributed by atoms with E-state index >= 15 is 0 Å². The summed E-state index contributed by atoms with van der Waals surface area (Å²) < 4.78 is 38.3. The van der Waals surface area contributed by atoms with E-state index in [1.54, 1.807) is 0 Å². The second-order valence-electron chi connectivity index (χ2n) is 4.34. The van der Waals surface area contributed by atoms with Gasteiger partial charge in [0.25, 0.3) is 0 Å². The van der Waals surface area contributed by atoms with Crippen molar-refractivity contribution in [3.05, 3.63) is 28.8 Å². The van der Waals surface area contributed by atoms with Crippen LogP contribution in [-0.2, 0) is 6.18 Å². The standard InChI is InChI=1S/C12H15ClF3N/c1-7(2)8(3)17-11-9(12(14,15)16)5-4-6-10(11)13/h4-8,17H,1-3H3. The summed E-state index contributed by atoms with van der Waals surface area (Å²) in [5.41, 5.74) is -0.764. The number of benzene rings is 1. The van der Waals surface area contributed by atoms with Gasteiger partial charge in [0.2, 0.25) is 0 Å². The van der Waals surface area contributed by atoms with E-state index in [0.29, 0.717) is 0 Å².